The third-order valence-electron chi connectivity index (χ3n) is 4.10. The Hall–Kier alpha value is -1.59. The van der Waals surface area contributed by atoms with E-state index in [4.69, 9.17) is 9.84 Å². The molecule has 0 heterocycles. The minimum atomic E-state index is -0.713. The molecule has 3 atom stereocenters. The molecule has 21 heavy (non-hydrogen) atoms. The molecule has 0 spiro atoms. The molecule has 1 aliphatic rings. The van der Waals surface area contributed by atoms with E-state index in [-0.39, 0.29) is 12.0 Å². The van der Waals surface area contributed by atoms with Crippen LogP contribution in [-0.2, 0) is 4.79 Å². The fraction of sp³-hybridized carbons (Fsp3) is 0.562. The van der Waals surface area contributed by atoms with Gasteiger partial charge in [0.2, 0.25) is 0 Å². The number of rotatable bonds is 6. The van der Waals surface area contributed by atoms with Gasteiger partial charge >= 0.3 is 5.97 Å². The first kappa shape index (κ1) is 15.8. The summed E-state index contributed by atoms with van der Waals surface area (Å²) in [6, 6.07) is 7.52. The van der Waals surface area contributed by atoms with Crippen LogP contribution in [0, 0.1) is 5.92 Å². The molecule has 0 aliphatic heterocycles. The molecule has 3 N–H and O–H groups in total. The van der Waals surface area contributed by atoms with Gasteiger partial charge in [-0.15, -0.1) is 0 Å². The Morgan fingerprint density at radius 2 is 2.29 bits per heavy atom. The third-order valence-corrected chi connectivity index (χ3v) is 4.10. The summed E-state index contributed by atoms with van der Waals surface area (Å²) < 4.78 is 5.14. The number of nitrogens with one attached hydrogen (secondary N) is 1. The van der Waals surface area contributed by atoms with E-state index in [1.54, 1.807) is 7.11 Å². The predicted octanol–water partition coefficient (Wildman–Crippen LogP) is 1.96. The zero-order valence-electron chi connectivity index (χ0n) is 12.3. The fourth-order valence-corrected chi connectivity index (χ4v) is 2.84. The van der Waals surface area contributed by atoms with Crippen molar-refractivity contribution in [3.8, 4) is 5.75 Å². The number of aliphatic hydroxyl groups is 1. The second-order valence-electron chi connectivity index (χ2n) is 5.60. The summed E-state index contributed by atoms with van der Waals surface area (Å²) in [5.74, 6) is -0.254. The van der Waals surface area contributed by atoms with E-state index >= 15 is 0 Å². The van der Waals surface area contributed by atoms with Crippen molar-refractivity contribution in [3.63, 3.8) is 0 Å². The SMILES string of the molecule is COc1cccc(C(O)CNC2CCCC(C(=O)O)C2)c1. The van der Waals surface area contributed by atoms with Gasteiger partial charge in [0.25, 0.3) is 0 Å². The Morgan fingerprint density at radius 1 is 1.48 bits per heavy atom. The maximum absolute atomic E-state index is 11.0. The highest BCUT2D eigenvalue weighted by Crippen LogP contribution is 2.25. The second kappa shape index (κ2) is 7.43. The van der Waals surface area contributed by atoms with E-state index in [1.807, 2.05) is 24.3 Å². The summed E-state index contributed by atoms with van der Waals surface area (Å²) in [5, 5.41) is 22.6. The van der Waals surface area contributed by atoms with Crippen molar-refractivity contribution in [1.29, 1.82) is 0 Å². The molecule has 116 valence electrons. The number of aliphatic carboxylic acids is 1. The first-order valence-electron chi connectivity index (χ1n) is 7.38. The number of methoxy groups -OCH3 is 1. The lowest BCUT2D eigenvalue weighted by molar-refractivity contribution is -0.143. The average Bonchev–Trinajstić information content (AvgIpc) is 2.53. The number of ether oxygens (including phenoxy) is 1. The van der Waals surface area contributed by atoms with Crippen LogP contribution in [0.4, 0.5) is 0 Å². The van der Waals surface area contributed by atoms with Crippen molar-refractivity contribution in [2.45, 2.75) is 37.8 Å². The molecule has 1 aromatic carbocycles. The van der Waals surface area contributed by atoms with Crippen molar-refractivity contribution in [2.24, 2.45) is 5.92 Å². The standard InChI is InChI=1S/C16H23NO4/c1-21-14-7-3-4-11(9-14)15(18)10-17-13-6-2-5-12(8-13)16(19)20/h3-4,7,9,12-13,15,17-18H,2,5-6,8,10H2,1H3,(H,19,20). The molecule has 0 amide bonds. The molecule has 0 saturated heterocycles. The van der Waals surface area contributed by atoms with Gasteiger partial charge in [-0.1, -0.05) is 18.6 Å². The summed E-state index contributed by atoms with van der Waals surface area (Å²) in [6.07, 6.45) is 2.66. The van der Waals surface area contributed by atoms with E-state index in [9.17, 15) is 9.90 Å². The summed E-state index contributed by atoms with van der Waals surface area (Å²) in [4.78, 5) is 11.0. The smallest absolute Gasteiger partial charge is 0.306 e. The molecule has 5 nitrogen and oxygen atoms in total. The number of carbonyl (C=O) groups is 1. The summed E-state index contributed by atoms with van der Waals surface area (Å²) in [6.45, 7) is 0.421. The predicted molar refractivity (Wildman–Crippen MR) is 79.3 cm³/mol. The van der Waals surface area contributed by atoms with Crippen molar-refractivity contribution < 1.29 is 19.7 Å². The van der Waals surface area contributed by atoms with Gasteiger partial charge in [0, 0.05) is 12.6 Å². The van der Waals surface area contributed by atoms with Crippen molar-refractivity contribution >= 4 is 5.97 Å². The van der Waals surface area contributed by atoms with Gasteiger partial charge in [-0.3, -0.25) is 4.79 Å². The lowest BCUT2D eigenvalue weighted by Gasteiger charge is -2.28. The van der Waals surface area contributed by atoms with E-state index in [2.05, 4.69) is 5.32 Å². The van der Waals surface area contributed by atoms with E-state index in [0.717, 1.165) is 30.6 Å². The van der Waals surface area contributed by atoms with Gasteiger partial charge in [0.1, 0.15) is 5.75 Å². The zero-order valence-corrected chi connectivity index (χ0v) is 12.3. The average molecular weight is 293 g/mol. The Kier molecular flexibility index (Phi) is 5.59. The molecule has 0 radical (unpaired) electrons. The van der Waals surface area contributed by atoms with Gasteiger partial charge in [0.15, 0.2) is 0 Å². The summed E-state index contributed by atoms with van der Waals surface area (Å²) in [7, 11) is 1.60. The van der Waals surface area contributed by atoms with Gasteiger partial charge < -0.3 is 20.3 Å². The van der Waals surface area contributed by atoms with E-state index < -0.39 is 12.1 Å². The molecule has 1 saturated carbocycles. The van der Waals surface area contributed by atoms with E-state index in [0.29, 0.717) is 13.0 Å². The highest BCUT2D eigenvalue weighted by Gasteiger charge is 2.27. The molecule has 3 unspecified atom stereocenters. The molecule has 5 heteroatoms. The molecular formula is C16H23NO4. The fourth-order valence-electron chi connectivity index (χ4n) is 2.84. The minimum Gasteiger partial charge on any atom is -0.497 e. The molecular weight excluding hydrogens is 270 g/mol. The molecule has 1 aromatic rings. The lowest BCUT2D eigenvalue weighted by atomic mass is 9.85. The topological polar surface area (TPSA) is 78.8 Å². The number of carboxylic acids is 1. The summed E-state index contributed by atoms with van der Waals surface area (Å²) in [5.41, 5.74) is 0.799. The highest BCUT2D eigenvalue weighted by molar-refractivity contribution is 5.70. The van der Waals surface area contributed by atoms with Crippen molar-refractivity contribution in [3.05, 3.63) is 29.8 Å². The Bertz CT molecular complexity index is 477. The molecule has 1 aliphatic carbocycles. The first-order valence-corrected chi connectivity index (χ1v) is 7.38. The minimum absolute atomic E-state index is 0.167. The largest absolute Gasteiger partial charge is 0.497 e. The summed E-state index contributed by atoms with van der Waals surface area (Å²) >= 11 is 0. The Balaban J connectivity index is 1.85. The van der Waals surface area contributed by atoms with Crippen molar-refractivity contribution in [2.75, 3.05) is 13.7 Å². The maximum Gasteiger partial charge on any atom is 0.306 e. The maximum atomic E-state index is 11.0. The molecule has 1 fully saturated rings. The molecule has 0 bridgehead atoms. The van der Waals surface area contributed by atoms with Crippen LogP contribution in [0.3, 0.4) is 0 Å². The zero-order chi connectivity index (χ0) is 15.2. The van der Waals surface area contributed by atoms with Gasteiger partial charge in [-0.05, 0) is 37.0 Å². The van der Waals surface area contributed by atoms with Crippen LogP contribution < -0.4 is 10.1 Å². The number of benzene rings is 1. The van der Waals surface area contributed by atoms with E-state index in [1.165, 1.54) is 0 Å². The Labute approximate surface area is 124 Å². The number of hydrogen-bond acceptors (Lipinski definition) is 4. The van der Waals surface area contributed by atoms with Crippen LogP contribution >= 0.6 is 0 Å². The van der Waals surface area contributed by atoms with Crippen LogP contribution in [0.1, 0.15) is 37.4 Å². The van der Waals surface area contributed by atoms with Gasteiger partial charge in [0.05, 0.1) is 19.1 Å². The number of aliphatic hydroxyl groups excluding tert-OH is 1. The van der Waals surface area contributed by atoms with Crippen LogP contribution in [0.5, 0.6) is 5.75 Å². The molecule has 0 aromatic heterocycles. The van der Waals surface area contributed by atoms with Gasteiger partial charge in [-0.25, -0.2) is 0 Å². The monoisotopic (exact) mass is 293 g/mol. The van der Waals surface area contributed by atoms with Crippen molar-refractivity contribution in [1.82, 2.24) is 5.32 Å². The van der Waals surface area contributed by atoms with Gasteiger partial charge in [-0.2, -0.15) is 0 Å². The first-order chi connectivity index (χ1) is 10.1. The normalized spacial score (nSPS) is 23.5. The third kappa shape index (κ3) is 4.44. The number of hydrogen-bond donors (Lipinski definition) is 3. The van der Waals surface area contributed by atoms with Crippen LogP contribution in [0.15, 0.2) is 24.3 Å². The Morgan fingerprint density at radius 3 is 3.00 bits per heavy atom. The number of carboxylic acid groups (broad SMARTS) is 1. The highest BCUT2D eigenvalue weighted by atomic mass is 16.5. The molecule has 2 rings (SSSR count). The lowest BCUT2D eigenvalue weighted by Crippen LogP contribution is -2.38. The quantitative estimate of drug-likeness (QED) is 0.747. The second-order valence-corrected chi connectivity index (χ2v) is 5.60. The van der Waals surface area contributed by atoms with Crippen LogP contribution in [-0.4, -0.2) is 35.9 Å². The van der Waals surface area contributed by atoms with Crippen LogP contribution in [0.25, 0.3) is 0 Å². The van der Waals surface area contributed by atoms with Crippen LogP contribution in [0.2, 0.25) is 0 Å².